The first-order valence-corrected chi connectivity index (χ1v) is 12.9. The molecule has 0 saturated carbocycles. The highest BCUT2D eigenvalue weighted by molar-refractivity contribution is 7.90. The molecular formula is C25H31N3O5S. The number of carbonyl (C=O) groups is 3. The Hall–Kier alpha value is -3.20. The van der Waals surface area contributed by atoms with Gasteiger partial charge in [-0.2, -0.15) is 0 Å². The summed E-state index contributed by atoms with van der Waals surface area (Å²) in [5, 5.41) is 2.90. The van der Waals surface area contributed by atoms with Gasteiger partial charge in [0.1, 0.15) is 10.9 Å². The van der Waals surface area contributed by atoms with Gasteiger partial charge in [0.25, 0.3) is 15.9 Å². The Labute approximate surface area is 201 Å². The van der Waals surface area contributed by atoms with Gasteiger partial charge < -0.3 is 10.2 Å². The van der Waals surface area contributed by atoms with Crippen molar-refractivity contribution in [3.05, 3.63) is 65.7 Å². The lowest BCUT2D eigenvalue weighted by Gasteiger charge is -2.30. The van der Waals surface area contributed by atoms with E-state index in [1.807, 2.05) is 44.2 Å². The average molecular weight is 486 g/mol. The minimum atomic E-state index is -3.99. The quantitative estimate of drug-likeness (QED) is 0.557. The van der Waals surface area contributed by atoms with Gasteiger partial charge in [-0.1, -0.05) is 49.4 Å². The number of carbonyl (C=O) groups excluding carboxylic acids is 3. The van der Waals surface area contributed by atoms with Gasteiger partial charge in [0.15, 0.2) is 0 Å². The first kappa shape index (κ1) is 25.4. The number of hydrogen-bond donors (Lipinski definition) is 1. The van der Waals surface area contributed by atoms with Crippen LogP contribution in [-0.4, -0.2) is 60.5 Å². The first-order chi connectivity index (χ1) is 16.2. The molecule has 1 aliphatic rings. The highest BCUT2D eigenvalue weighted by Crippen LogP contribution is 2.30. The third-order valence-corrected chi connectivity index (χ3v) is 7.93. The molecule has 2 atom stereocenters. The van der Waals surface area contributed by atoms with Crippen molar-refractivity contribution in [3.8, 4) is 0 Å². The lowest BCUT2D eigenvalue weighted by molar-refractivity contribution is -0.140. The zero-order valence-electron chi connectivity index (χ0n) is 19.7. The van der Waals surface area contributed by atoms with Gasteiger partial charge in [-0.05, 0) is 44.4 Å². The Bertz CT molecular complexity index is 1150. The minimum Gasteiger partial charge on any atom is -0.352 e. The van der Waals surface area contributed by atoms with Gasteiger partial charge >= 0.3 is 0 Å². The predicted molar refractivity (Wildman–Crippen MR) is 128 cm³/mol. The smallest absolute Gasteiger partial charge is 0.269 e. The Morgan fingerprint density at radius 2 is 1.68 bits per heavy atom. The van der Waals surface area contributed by atoms with Crippen molar-refractivity contribution >= 4 is 27.7 Å². The highest BCUT2D eigenvalue weighted by atomic mass is 32.2. The van der Waals surface area contributed by atoms with E-state index < -0.39 is 22.0 Å². The summed E-state index contributed by atoms with van der Waals surface area (Å²) in [6.07, 6.45) is 1.08. The van der Waals surface area contributed by atoms with Crippen molar-refractivity contribution in [1.29, 1.82) is 0 Å². The summed E-state index contributed by atoms with van der Waals surface area (Å²) >= 11 is 0. The van der Waals surface area contributed by atoms with E-state index >= 15 is 0 Å². The summed E-state index contributed by atoms with van der Waals surface area (Å²) in [6.45, 7) is 5.52. The molecule has 2 aromatic rings. The Morgan fingerprint density at radius 3 is 2.32 bits per heavy atom. The fourth-order valence-electron chi connectivity index (χ4n) is 3.83. The van der Waals surface area contributed by atoms with Crippen LogP contribution in [0, 0.1) is 0 Å². The number of rotatable bonds is 10. The number of amides is 3. The van der Waals surface area contributed by atoms with Gasteiger partial charge in [-0.15, -0.1) is 0 Å². The van der Waals surface area contributed by atoms with Crippen molar-refractivity contribution in [3.63, 3.8) is 0 Å². The summed E-state index contributed by atoms with van der Waals surface area (Å²) < 4.78 is 26.3. The minimum absolute atomic E-state index is 0.0353. The highest BCUT2D eigenvalue weighted by Gasteiger charge is 2.41. The van der Waals surface area contributed by atoms with E-state index in [0.717, 1.165) is 16.3 Å². The number of hydrogen-bond acceptors (Lipinski definition) is 5. The topological polar surface area (TPSA) is 104 Å². The third-order valence-electron chi connectivity index (χ3n) is 6.09. The molecule has 8 nitrogen and oxygen atoms in total. The molecule has 0 radical (unpaired) electrons. The van der Waals surface area contributed by atoms with E-state index in [2.05, 4.69) is 5.32 Å². The molecule has 3 rings (SSSR count). The van der Waals surface area contributed by atoms with Crippen molar-refractivity contribution < 1.29 is 22.8 Å². The first-order valence-electron chi connectivity index (χ1n) is 11.5. The van der Waals surface area contributed by atoms with Crippen LogP contribution in [0.5, 0.6) is 0 Å². The van der Waals surface area contributed by atoms with Gasteiger partial charge in [-0.25, -0.2) is 12.7 Å². The van der Waals surface area contributed by atoms with Gasteiger partial charge in [0.2, 0.25) is 11.8 Å². The molecule has 0 unspecified atom stereocenters. The van der Waals surface area contributed by atoms with Crippen LogP contribution < -0.4 is 5.32 Å². The van der Waals surface area contributed by atoms with Gasteiger partial charge in [0.05, 0.1) is 5.56 Å². The van der Waals surface area contributed by atoms with Crippen LogP contribution in [0.25, 0.3) is 0 Å². The van der Waals surface area contributed by atoms with Crippen molar-refractivity contribution in [2.45, 2.75) is 57.0 Å². The zero-order chi connectivity index (χ0) is 24.9. The fourth-order valence-corrected chi connectivity index (χ4v) is 5.40. The maximum Gasteiger partial charge on any atom is 0.269 e. The molecule has 3 amide bonds. The molecule has 0 spiro atoms. The molecule has 1 aliphatic heterocycles. The lowest BCUT2D eigenvalue weighted by Crippen LogP contribution is -2.51. The molecule has 2 aromatic carbocycles. The molecule has 0 fully saturated rings. The van der Waals surface area contributed by atoms with E-state index in [-0.39, 0.29) is 41.3 Å². The number of sulfonamides is 1. The maximum absolute atomic E-state index is 13.2. The number of nitrogens with one attached hydrogen (secondary N) is 1. The number of benzene rings is 2. The van der Waals surface area contributed by atoms with Crippen LogP contribution in [0.3, 0.4) is 0 Å². The summed E-state index contributed by atoms with van der Waals surface area (Å²) in [7, 11) is -3.99. The molecule has 0 saturated heterocycles. The van der Waals surface area contributed by atoms with Crippen LogP contribution in [0.4, 0.5) is 0 Å². The zero-order valence-corrected chi connectivity index (χ0v) is 20.5. The molecule has 0 aliphatic carbocycles. The SMILES string of the molecule is CC[C@H](C)NC(=O)[C@@H](C)N(CCc1ccccc1)C(=O)CCN1C(=O)c2ccccc2S1(=O)=O. The van der Waals surface area contributed by atoms with E-state index in [9.17, 15) is 22.8 Å². The fraction of sp³-hybridized carbons (Fsp3) is 0.400. The van der Waals surface area contributed by atoms with Crippen molar-refractivity contribution in [2.75, 3.05) is 13.1 Å². The lowest BCUT2D eigenvalue weighted by atomic mass is 10.1. The number of nitrogens with zero attached hydrogens (tertiary/aromatic N) is 2. The molecule has 1 N–H and O–H groups in total. The molecule has 34 heavy (non-hydrogen) atoms. The number of fused-ring (bicyclic) bond motifs is 1. The van der Waals surface area contributed by atoms with E-state index in [1.165, 1.54) is 17.0 Å². The molecule has 1 heterocycles. The second-order valence-electron chi connectivity index (χ2n) is 8.45. The largest absolute Gasteiger partial charge is 0.352 e. The Kier molecular flexibility index (Phi) is 8.09. The molecule has 0 bridgehead atoms. The second-order valence-corrected chi connectivity index (χ2v) is 10.3. The predicted octanol–water partition coefficient (Wildman–Crippen LogP) is 2.60. The monoisotopic (exact) mass is 485 g/mol. The third kappa shape index (κ3) is 5.47. The normalized spacial score (nSPS) is 16.0. The molecule has 0 aromatic heterocycles. The van der Waals surface area contributed by atoms with E-state index in [1.54, 1.807) is 19.1 Å². The molecular weight excluding hydrogens is 454 g/mol. The van der Waals surface area contributed by atoms with Crippen molar-refractivity contribution in [1.82, 2.24) is 14.5 Å². The molecule has 182 valence electrons. The van der Waals surface area contributed by atoms with E-state index in [0.29, 0.717) is 13.0 Å². The molecule has 9 heteroatoms. The van der Waals surface area contributed by atoms with E-state index in [4.69, 9.17) is 0 Å². The summed E-state index contributed by atoms with van der Waals surface area (Å²) in [6, 6.07) is 14.8. The Balaban J connectivity index is 1.74. The van der Waals surface area contributed by atoms with Crippen LogP contribution in [0.1, 0.15) is 49.5 Å². The van der Waals surface area contributed by atoms with Crippen molar-refractivity contribution in [2.24, 2.45) is 0 Å². The van der Waals surface area contributed by atoms with Crippen LogP contribution in [-0.2, 0) is 26.0 Å². The summed E-state index contributed by atoms with van der Waals surface area (Å²) in [5.41, 5.74) is 1.12. The standard InChI is InChI=1S/C25H31N3O5S/c1-4-18(2)26-24(30)19(3)27(16-14-20-10-6-5-7-11-20)23(29)15-17-28-25(31)21-12-8-9-13-22(21)34(28,32)33/h5-13,18-19H,4,14-17H2,1-3H3,(H,26,30)/t18-,19+/m0/s1. The average Bonchev–Trinajstić information content (AvgIpc) is 3.03. The Morgan fingerprint density at radius 1 is 1.03 bits per heavy atom. The summed E-state index contributed by atoms with van der Waals surface area (Å²) in [4.78, 5) is 40.1. The van der Waals surface area contributed by atoms with Crippen LogP contribution in [0.15, 0.2) is 59.5 Å². The van der Waals surface area contributed by atoms with Gasteiger partial charge in [-0.3, -0.25) is 14.4 Å². The van der Waals surface area contributed by atoms with Crippen LogP contribution in [0.2, 0.25) is 0 Å². The summed E-state index contributed by atoms with van der Waals surface area (Å²) in [5.74, 6) is -1.29. The van der Waals surface area contributed by atoms with Crippen LogP contribution >= 0.6 is 0 Å². The second kappa shape index (κ2) is 10.8. The maximum atomic E-state index is 13.2. The van der Waals surface area contributed by atoms with Gasteiger partial charge in [0, 0.05) is 25.6 Å².